The van der Waals surface area contributed by atoms with Crippen molar-refractivity contribution in [1.29, 1.82) is 0 Å². The monoisotopic (exact) mass is 327 g/mol. The zero-order chi connectivity index (χ0) is 17.4. The molecule has 0 aliphatic rings. The fourth-order valence-electron chi connectivity index (χ4n) is 2.55. The van der Waals surface area contributed by atoms with E-state index in [1.807, 2.05) is 54.6 Å². The molecular formula is C20H27N2O2+. The van der Waals surface area contributed by atoms with Gasteiger partial charge in [-0.05, 0) is 29.7 Å². The van der Waals surface area contributed by atoms with Gasteiger partial charge in [0, 0.05) is 0 Å². The summed E-state index contributed by atoms with van der Waals surface area (Å²) < 4.78 is 5.59. The quantitative estimate of drug-likeness (QED) is 0.774. The molecule has 1 atom stereocenters. The van der Waals surface area contributed by atoms with E-state index in [2.05, 4.69) is 26.3 Å². The van der Waals surface area contributed by atoms with E-state index in [1.54, 1.807) is 0 Å². The minimum absolute atomic E-state index is 0.0187. The van der Waals surface area contributed by atoms with Crippen molar-refractivity contribution in [3.8, 4) is 5.75 Å². The van der Waals surface area contributed by atoms with Crippen molar-refractivity contribution in [2.75, 3.05) is 27.2 Å². The van der Waals surface area contributed by atoms with Crippen LogP contribution in [0.2, 0.25) is 0 Å². The molecule has 0 radical (unpaired) electrons. The third-order valence-electron chi connectivity index (χ3n) is 3.85. The van der Waals surface area contributed by atoms with Crippen LogP contribution in [0.15, 0.2) is 54.6 Å². The minimum Gasteiger partial charge on any atom is -0.484 e. The van der Waals surface area contributed by atoms with Gasteiger partial charge in [-0.3, -0.25) is 4.79 Å². The van der Waals surface area contributed by atoms with Crippen molar-refractivity contribution < 1.29 is 14.4 Å². The van der Waals surface area contributed by atoms with Gasteiger partial charge in [-0.2, -0.15) is 0 Å². The fourth-order valence-corrected chi connectivity index (χ4v) is 2.55. The number of carbonyl (C=O) groups excluding carboxylic acids is 1. The van der Waals surface area contributed by atoms with Crippen LogP contribution in [0.1, 0.15) is 24.1 Å². The van der Waals surface area contributed by atoms with E-state index in [0.717, 1.165) is 24.3 Å². The summed E-state index contributed by atoms with van der Waals surface area (Å²) in [6, 6.07) is 17.9. The Labute approximate surface area is 144 Å². The molecule has 2 N–H and O–H groups in total. The summed E-state index contributed by atoms with van der Waals surface area (Å²) in [6.07, 6.45) is 0.992. The molecule has 0 heterocycles. The summed E-state index contributed by atoms with van der Waals surface area (Å²) in [7, 11) is 4.15. The predicted octanol–water partition coefficient (Wildman–Crippen LogP) is 1.63. The van der Waals surface area contributed by atoms with E-state index in [9.17, 15) is 4.79 Å². The van der Waals surface area contributed by atoms with Crippen LogP contribution in [-0.4, -0.2) is 33.2 Å². The van der Waals surface area contributed by atoms with Crippen LogP contribution >= 0.6 is 0 Å². The minimum atomic E-state index is -0.107. The Hall–Kier alpha value is -2.33. The summed E-state index contributed by atoms with van der Waals surface area (Å²) in [5.41, 5.74) is 2.37. The second-order valence-corrected chi connectivity index (χ2v) is 6.23. The van der Waals surface area contributed by atoms with Crippen molar-refractivity contribution in [2.24, 2.45) is 0 Å². The van der Waals surface area contributed by atoms with E-state index in [0.29, 0.717) is 0 Å². The second kappa shape index (κ2) is 9.08. The number of nitrogens with one attached hydrogen (secondary N) is 2. The zero-order valence-corrected chi connectivity index (χ0v) is 14.7. The highest BCUT2D eigenvalue weighted by Crippen LogP contribution is 2.13. The molecule has 0 aliphatic carbocycles. The summed E-state index contributed by atoms with van der Waals surface area (Å²) >= 11 is 0. The molecule has 0 bridgehead atoms. The Kier molecular flexibility index (Phi) is 6.82. The number of benzene rings is 2. The van der Waals surface area contributed by atoms with Crippen LogP contribution in [0.4, 0.5) is 0 Å². The number of amides is 1. The molecule has 128 valence electrons. The maximum absolute atomic E-state index is 12.3. The Morgan fingerprint density at radius 1 is 1.08 bits per heavy atom. The molecule has 2 aromatic rings. The largest absolute Gasteiger partial charge is 0.484 e. The third-order valence-corrected chi connectivity index (χ3v) is 3.85. The number of carbonyl (C=O) groups is 1. The van der Waals surface area contributed by atoms with Gasteiger partial charge in [-0.25, -0.2) is 0 Å². The van der Waals surface area contributed by atoms with Crippen LogP contribution in [0.5, 0.6) is 5.75 Å². The SMILES string of the molecule is CCc1ccc(OCC(=O)N[C@@H](C[NH+](C)C)c2ccccc2)cc1. The lowest BCUT2D eigenvalue weighted by atomic mass is 10.1. The molecule has 4 heteroatoms. The number of ether oxygens (including phenoxy) is 1. The maximum atomic E-state index is 12.3. The normalized spacial score (nSPS) is 12.0. The molecule has 0 saturated carbocycles. The first-order valence-corrected chi connectivity index (χ1v) is 8.43. The molecule has 4 nitrogen and oxygen atoms in total. The van der Waals surface area contributed by atoms with Crippen molar-refractivity contribution >= 4 is 5.91 Å². The Morgan fingerprint density at radius 3 is 2.33 bits per heavy atom. The predicted molar refractivity (Wildman–Crippen MR) is 96.3 cm³/mol. The molecule has 0 unspecified atom stereocenters. The van der Waals surface area contributed by atoms with Gasteiger partial charge < -0.3 is 15.0 Å². The van der Waals surface area contributed by atoms with Gasteiger partial charge in [-0.1, -0.05) is 49.4 Å². The summed E-state index contributed by atoms with van der Waals surface area (Å²) in [6.45, 7) is 2.96. The van der Waals surface area contributed by atoms with E-state index in [4.69, 9.17) is 4.74 Å². The highest BCUT2D eigenvalue weighted by molar-refractivity contribution is 5.78. The van der Waals surface area contributed by atoms with Crippen LogP contribution in [0.3, 0.4) is 0 Å². The van der Waals surface area contributed by atoms with Crippen molar-refractivity contribution in [2.45, 2.75) is 19.4 Å². The molecule has 2 aromatic carbocycles. The highest BCUT2D eigenvalue weighted by atomic mass is 16.5. The Bertz CT molecular complexity index is 624. The molecule has 0 fully saturated rings. The summed E-state index contributed by atoms with van der Waals surface area (Å²) in [5.74, 6) is 0.613. The third kappa shape index (κ3) is 5.70. The van der Waals surface area contributed by atoms with Crippen LogP contribution < -0.4 is 15.0 Å². The van der Waals surface area contributed by atoms with E-state index >= 15 is 0 Å². The standard InChI is InChI=1S/C20H26N2O2/c1-4-16-10-12-18(13-11-16)24-15-20(23)21-19(14-22(2)3)17-8-6-5-7-9-17/h5-13,19H,4,14-15H2,1-3H3,(H,21,23)/p+1/t19-/m0/s1. The van der Waals surface area contributed by atoms with Gasteiger partial charge in [0.05, 0.1) is 14.1 Å². The average Bonchev–Trinajstić information content (AvgIpc) is 2.60. The molecule has 0 aliphatic heterocycles. The maximum Gasteiger partial charge on any atom is 0.258 e. The number of likely N-dealkylation sites (N-methyl/N-ethyl adjacent to an activating group) is 1. The van der Waals surface area contributed by atoms with Crippen molar-refractivity contribution in [3.05, 3.63) is 65.7 Å². The van der Waals surface area contributed by atoms with E-state index in [1.165, 1.54) is 10.5 Å². The van der Waals surface area contributed by atoms with E-state index < -0.39 is 0 Å². The molecule has 0 spiro atoms. The Balaban J connectivity index is 1.92. The summed E-state index contributed by atoms with van der Waals surface area (Å²) in [4.78, 5) is 13.5. The molecule has 24 heavy (non-hydrogen) atoms. The van der Waals surface area contributed by atoms with Gasteiger partial charge >= 0.3 is 0 Å². The number of rotatable bonds is 8. The van der Waals surface area contributed by atoms with Crippen molar-refractivity contribution in [1.82, 2.24) is 5.32 Å². The second-order valence-electron chi connectivity index (χ2n) is 6.23. The molecule has 0 saturated heterocycles. The van der Waals surface area contributed by atoms with Gasteiger partial charge in [-0.15, -0.1) is 0 Å². The van der Waals surface area contributed by atoms with Gasteiger partial charge in [0.25, 0.3) is 5.91 Å². The molecule has 2 rings (SSSR count). The first-order chi connectivity index (χ1) is 11.6. The van der Waals surface area contributed by atoms with Crippen LogP contribution in [0, 0.1) is 0 Å². The smallest absolute Gasteiger partial charge is 0.258 e. The van der Waals surface area contributed by atoms with Gasteiger partial charge in [0.1, 0.15) is 18.3 Å². The molecule has 1 amide bonds. The van der Waals surface area contributed by atoms with Crippen molar-refractivity contribution in [3.63, 3.8) is 0 Å². The highest BCUT2D eigenvalue weighted by Gasteiger charge is 2.17. The zero-order valence-electron chi connectivity index (χ0n) is 14.7. The van der Waals surface area contributed by atoms with Gasteiger partial charge in [0.2, 0.25) is 0 Å². The first-order valence-electron chi connectivity index (χ1n) is 8.43. The number of aryl methyl sites for hydroxylation is 1. The number of quaternary nitrogens is 1. The lowest BCUT2D eigenvalue weighted by Gasteiger charge is -2.21. The number of hydrogen-bond acceptors (Lipinski definition) is 2. The number of hydrogen-bond donors (Lipinski definition) is 2. The van der Waals surface area contributed by atoms with Crippen LogP contribution in [0.25, 0.3) is 0 Å². The topological polar surface area (TPSA) is 42.8 Å². The van der Waals surface area contributed by atoms with Crippen LogP contribution in [-0.2, 0) is 11.2 Å². The summed E-state index contributed by atoms with van der Waals surface area (Å²) in [5, 5.41) is 3.07. The molecule has 0 aromatic heterocycles. The first kappa shape index (κ1) is 18.0. The van der Waals surface area contributed by atoms with Gasteiger partial charge in [0.15, 0.2) is 6.61 Å². The van der Waals surface area contributed by atoms with E-state index in [-0.39, 0.29) is 18.6 Å². The fraction of sp³-hybridized carbons (Fsp3) is 0.350. The molecular weight excluding hydrogens is 300 g/mol. The lowest BCUT2D eigenvalue weighted by molar-refractivity contribution is -0.860. The Morgan fingerprint density at radius 2 is 1.75 bits per heavy atom. The lowest BCUT2D eigenvalue weighted by Crippen LogP contribution is -3.06. The average molecular weight is 327 g/mol.